The SMILES string of the molecule is CC(C)[C@@H](NC(=O)c1cncc(I)c1)C(N)=O. The summed E-state index contributed by atoms with van der Waals surface area (Å²) in [4.78, 5) is 26.9. The standard InChI is InChI=1S/C11H14IN3O2/c1-6(2)9(10(13)16)15-11(17)7-3-8(12)5-14-4-7/h3-6,9H,1-2H3,(H2,13,16)(H,15,17)/t9-/m1/s1. The Balaban J connectivity index is 2.81. The van der Waals surface area contributed by atoms with E-state index in [9.17, 15) is 9.59 Å². The average molecular weight is 347 g/mol. The molecule has 1 aromatic rings. The van der Waals surface area contributed by atoms with Gasteiger partial charge in [0.2, 0.25) is 5.91 Å². The van der Waals surface area contributed by atoms with Gasteiger partial charge >= 0.3 is 0 Å². The van der Waals surface area contributed by atoms with Crippen LogP contribution in [-0.4, -0.2) is 22.8 Å². The quantitative estimate of drug-likeness (QED) is 0.795. The van der Waals surface area contributed by atoms with E-state index < -0.39 is 11.9 Å². The Morgan fingerprint density at radius 1 is 1.41 bits per heavy atom. The summed E-state index contributed by atoms with van der Waals surface area (Å²) in [7, 11) is 0. The third-order valence-electron chi connectivity index (χ3n) is 2.23. The molecular formula is C11H14IN3O2. The Labute approximate surface area is 113 Å². The lowest BCUT2D eigenvalue weighted by Gasteiger charge is -2.18. The maximum absolute atomic E-state index is 11.9. The molecule has 17 heavy (non-hydrogen) atoms. The number of rotatable bonds is 4. The molecule has 3 N–H and O–H groups in total. The van der Waals surface area contributed by atoms with E-state index in [1.54, 1.807) is 12.3 Å². The number of primary amides is 1. The van der Waals surface area contributed by atoms with E-state index in [0.717, 1.165) is 3.57 Å². The lowest BCUT2D eigenvalue weighted by atomic mass is 10.0. The largest absolute Gasteiger partial charge is 0.368 e. The molecule has 1 heterocycles. The molecule has 0 bridgehead atoms. The molecule has 2 amide bonds. The van der Waals surface area contributed by atoms with E-state index in [0.29, 0.717) is 5.56 Å². The number of nitrogens with zero attached hydrogens (tertiary/aromatic N) is 1. The molecule has 0 radical (unpaired) electrons. The van der Waals surface area contributed by atoms with Crippen molar-refractivity contribution in [2.45, 2.75) is 19.9 Å². The van der Waals surface area contributed by atoms with Crippen molar-refractivity contribution in [3.05, 3.63) is 27.6 Å². The fraction of sp³-hybridized carbons (Fsp3) is 0.364. The van der Waals surface area contributed by atoms with Crippen LogP contribution in [0.5, 0.6) is 0 Å². The van der Waals surface area contributed by atoms with Crippen molar-refractivity contribution in [2.24, 2.45) is 11.7 Å². The molecule has 0 aliphatic carbocycles. The Bertz CT molecular complexity index is 434. The zero-order valence-corrected chi connectivity index (χ0v) is 11.8. The molecule has 0 saturated carbocycles. The van der Waals surface area contributed by atoms with Crippen LogP contribution in [-0.2, 0) is 4.79 Å². The number of hydrogen-bond donors (Lipinski definition) is 2. The number of amides is 2. The first-order valence-corrected chi connectivity index (χ1v) is 6.20. The minimum atomic E-state index is -0.666. The molecule has 1 atom stereocenters. The second-order valence-electron chi connectivity index (χ2n) is 3.99. The highest BCUT2D eigenvalue weighted by Gasteiger charge is 2.22. The molecule has 6 heteroatoms. The van der Waals surface area contributed by atoms with Gasteiger partial charge in [0.05, 0.1) is 5.56 Å². The van der Waals surface area contributed by atoms with Crippen molar-refractivity contribution in [2.75, 3.05) is 0 Å². The molecule has 1 rings (SSSR count). The molecule has 0 aliphatic rings. The summed E-state index contributed by atoms with van der Waals surface area (Å²) in [5.74, 6) is -0.923. The van der Waals surface area contributed by atoms with Gasteiger partial charge in [0.25, 0.3) is 5.91 Å². The van der Waals surface area contributed by atoms with Crippen LogP contribution in [0.15, 0.2) is 18.5 Å². The second-order valence-corrected chi connectivity index (χ2v) is 5.23. The van der Waals surface area contributed by atoms with Crippen LogP contribution in [0, 0.1) is 9.49 Å². The van der Waals surface area contributed by atoms with Gasteiger partial charge in [-0.2, -0.15) is 0 Å². The van der Waals surface area contributed by atoms with Crippen LogP contribution in [0.1, 0.15) is 24.2 Å². The van der Waals surface area contributed by atoms with E-state index in [1.807, 2.05) is 13.8 Å². The van der Waals surface area contributed by atoms with Gasteiger partial charge in [-0.05, 0) is 34.6 Å². The van der Waals surface area contributed by atoms with Gasteiger partial charge in [-0.15, -0.1) is 0 Å². The van der Waals surface area contributed by atoms with Crippen LogP contribution in [0.2, 0.25) is 0 Å². The van der Waals surface area contributed by atoms with Gasteiger partial charge in [-0.1, -0.05) is 13.8 Å². The number of nitrogens with two attached hydrogens (primary N) is 1. The number of carbonyl (C=O) groups excluding carboxylic acids is 2. The molecule has 0 fully saturated rings. The predicted molar refractivity (Wildman–Crippen MR) is 72.2 cm³/mol. The van der Waals surface area contributed by atoms with E-state index in [-0.39, 0.29) is 11.8 Å². The average Bonchev–Trinajstić information content (AvgIpc) is 2.24. The molecular weight excluding hydrogens is 333 g/mol. The highest BCUT2D eigenvalue weighted by molar-refractivity contribution is 14.1. The summed E-state index contributed by atoms with van der Waals surface area (Å²) >= 11 is 2.07. The summed E-state index contributed by atoms with van der Waals surface area (Å²) in [6, 6.07) is 1.03. The normalized spacial score (nSPS) is 12.2. The fourth-order valence-corrected chi connectivity index (χ4v) is 1.82. The smallest absolute Gasteiger partial charge is 0.253 e. The minimum Gasteiger partial charge on any atom is -0.368 e. The first kappa shape index (κ1) is 13.9. The molecule has 0 unspecified atom stereocenters. The first-order valence-electron chi connectivity index (χ1n) is 5.12. The van der Waals surface area contributed by atoms with Crippen LogP contribution < -0.4 is 11.1 Å². The number of hydrogen-bond acceptors (Lipinski definition) is 3. The topological polar surface area (TPSA) is 85.1 Å². The summed E-state index contributed by atoms with van der Waals surface area (Å²) in [6.45, 7) is 3.64. The van der Waals surface area contributed by atoms with Gasteiger partial charge in [-0.25, -0.2) is 0 Å². The molecule has 0 aliphatic heterocycles. The zero-order valence-electron chi connectivity index (χ0n) is 9.61. The van der Waals surface area contributed by atoms with Gasteiger partial charge in [0, 0.05) is 16.0 Å². The highest BCUT2D eigenvalue weighted by Crippen LogP contribution is 2.07. The third-order valence-corrected chi connectivity index (χ3v) is 2.82. The maximum Gasteiger partial charge on any atom is 0.253 e. The number of carbonyl (C=O) groups is 2. The van der Waals surface area contributed by atoms with Crippen LogP contribution in [0.4, 0.5) is 0 Å². The first-order chi connectivity index (χ1) is 7.91. The zero-order chi connectivity index (χ0) is 13.0. The predicted octanol–water partition coefficient (Wildman–Crippen LogP) is 0.926. The summed E-state index contributed by atoms with van der Waals surface area (Å²) in [5, 5.41) is 2.60. The van der Waals surface area contributed by atoms with Crippen molar-refractivity contribution in [3.63, 3.8) is 0 Å². The summed E-state index contributed by atoms with van der Waals surface area (Å²) in [6.07, 6.45) is 3.10. The minimum absolute atomic E-state index is 0.0489. The molecule has 5 nitrogen and oxygen atoms in total. The lowest BCUT2D eigenvalue weighted by Crippen LogP contribution is -2.47. The van der Waals surface area contributed by atoms with Gasteiger partial charge in [0.15, 0.2) is 0 Å². The number of aromatic nitrogens is 1. The summed E-state index contributed by atoms with van der Waals surface area (Å²) in [5.41, 5.74) is 5.64. The Kier molecular flexibility index (Phi) is 4.86. The lowest BCUT2D eigenvalue weighted by molar-refractivity contribution is -0.120. The number of pyridine rings is 1. The van der Waals surface area contributed by atoms with Crippen LogP contribution in [0.25, 0.3) is 0 Å². The molecule has 92 valence electrons. The van der Waals surface area contributed by atoms with E-state index >= 15 is 0 Å². The molecule has 1 aromatic heterocycles. The van der Waals surface area contributed by atoms with Crippen molar-refractivity contribution in [3.8, 4) is 0 Å². The monoisotopic (exact) mass is 347 g/mol. The second kappa shape index (κ2) is 5.95. The summed E-state index contributed by atoms with van der Waals surface area (Å²) < 4.78 is 0.857. The third kappa shape index (κ3) is 3.95. The Hall–Kier alpha value is -1.18. The van der Waals surface area contributed by atoms with Crippen molar-refractivity contribution >= 4 is 34.4 Å². The fourth-order valence-electron chi connectivity index (χ4n) is 1.33. The van der Waals surface area contributed by atoms with E-state index in [1.165, 1.54) is 6.20 Å². The van der Waals surface area contributed by atoms with Crippen molar-refractivity contribution < 1.29 is 9.59 Å². The van der Waals surface area contributed by atoms with Crippen LogP contribution in [0.3, 0.4) is 0 Å². The maximum atomic E-state index is 11.9. The van der Waals surface area contributed by atoms with E-state index in [4.69, 9.17) is 5.73 Å². The molecule has 0 aromatic carbocycles. The molecule has 0 saturated heterocycles. The van der Waals surface area contributed by atoms with Crippen LogP contribution >= 0.6 is 22.6 Å². The number of halogens is 1. The number of nitrogens with one attached hydrogen (secondary N) is 1. The van der Waals surface area contributed by atoms with Gasteiger partial charge in [0.1, 0.15) is 6.04 Å². The highest BCUT2D eigenvalue weighted by atomic mass is 127. The van der Waals surface area contributed by atoms with Crippen molar-refractivity contribution in [1.29, 1.82) is 0 Å². The Morgan fingerprint density at radius 3 is 2.53 bits per heavy atom. The Morgan fingerprint density at radius 2 is 2.06 bits per heavy atom. The van der Waals surface area contributed by atoms with Gasteiger partial charge < -0.3 is 11.1 Å². The molecule has 0 spiro atoms. The van der Waals surface area contributed by atoms with Crippen molar-refractivity contribution in [1.82, 2.24) is 10.3 Å². The van der Waals surface area contributed by atoms with E-state index in [2.05, 4.69) is 32.9 Å². The van der Waals surface area contributed by atoms with Gasteiger partial charge in [-0.3, -0.25) is 14.6 Å².